The average Bonchev–Trinajstić information content (AvgIpc) is 2.91. The predicted molar refractivity (Wildman–Crippen MR) is 75.1 cm³/mol. The van der Waals surface area contributed by atoms with E-state index in [1.54, 1.807) is 0 Å². The Morgan fingerprint density at radius 2 is 1.80 bits per heavy atom. The fourth-order valence-electron chi connectivity index (χ4n) is 1.82. The van der Waals surface area contributed by atoms with Crippen LogP contribution in [0.2, 0.25) is 0 Å². The van der Waals surface area contributed by atoms with Crippen LogP contribution in [0.1, 0.15) is 13.8 Å². The minimum Gasteiger partial charge on any atom is -0.456 e. The van der Waals surface area contributed by atoms with E-state index in [1.165, 1.54) is 6.26 Å². The highest BCUT2D eigenvalue weighted by Gasteiger charge is 2.14. The van der Waals surface area contributed by atoms with Gasteiger partial charge in [-0.2, -0.15) is 0 Å². The molecule has 0 saturated heterocycles. The molecule has 6 heteroatoms. The summed E-state index contributed by atoms with van der Waals surface area (Å²) < 4.78 is 5.09. The van der Waals surface area contributed by atoms with Crippen molar-refractivity contribution >= 4 is 11.1 Å². The van der Waals surface area contributed by atoms with E-state index in [1.807, 2.05) is 44.2 Å². The number of aromatic amines is 1. The number of aromatic nitrogens is 2. The first kappa shape index (κ1) is 13.7. The molecule has 0 radical (unpaired) electrons. The molecular weight excluding hydrogens is 260 g/mol. The molecule has 0 bridgehead atoms. The maximum absolute atomic E-state index is 11.6. The zero-order valence-corrected chi connectivity index (χ0v) is 11.1. The zero-order valence-electron chi connectivity index (χ0n) is 11.1. The van der Waals surface area contributed by atoms with Crippen molar-refractivity contribution in [2.75, 3.05) is 0 Å². The molecule has 1 aromatic carbocycles. The third-order valence-electron chi connectivity index (χ3n) is 2.69. The second kappa shape index (κ2) is 5.48. The third kappa shape index (κ3) is 2.11. The molecule has 0 unspecified atom stereocenters. The number of hydrogen-bond acceptors (Lipinski definition) is 4. The van der Waals surface area contributed by atoms with Gasteiger partial charge < -0.3 is 14.6 Å². The van der Waals surface area contributed by atoms with Gasteiger partial charge in [-0.05, 0) is 5.56 Å². The third-order valence-corrected chi connectivity index (χ3v) is 2.69. The lowest BCUT2D eigenvalue weighted by atomic mass is 10.1. The molecule has 20 heavy (non-hydrogen) atoms. The van der Waals surface area contributed by atoms with Crippen LogP contribution < -0.4 is 11.2 Å². The largest absolute Gasteiger partial charge is 0.456 e. The van der Waals surface area contributed by atoms with Crippen LogP contribution in [0.5, 0.6) is 0 Å². The van der Waals surface area contributed by atoms with Gasteiger partial charge in [-0.15, -0.1) is 0 Å². The Balaban J connectivity index is 0.000000704. The standard InChI is InChI=1S/C12H8N2O4.C2H6/c15-11-10-9(13-12(16)14(11)17)8(6-18-10)7-4-2-1-3-5-7;1-2/h1-6,17H,(H,13,16);1-2H3. The van der Waals surface area contributed by atoms with Crippen molar-refractivity contribution in [3.05, 3.63) is 57.4 Å². The van der Waals surface area contributed by atoms with Gasteiger partial charge in [0.15, 0.2) is 0 Å². The summed E-state index contributed by atoms with van der Waals surface area (Å²) in [4.78, 5) is 25.4. The van der Waals surface area contributed by atoms with Crippen molar-refractivity contribution in [2.24, 2.45) is 0 Å². The first-order valence-corrected chi connectivity index (χ1v) is 6.19. The van der Waals surface area contributed by atoms with E-state index in [9.17, 15) is 14.8 Å². The lowest BCUT2D eigenvalue weighted by Crippen LogP contribution is -2.32. The summed E-state index contributed by atoms with van der Waals surface area (Å²) in [5, 5.41) is 9.18. The minimum atomic E-state index is -0.897. The summed E-state index contributed by atoms with van der Waals surface area (Å²) in [6.45, 7) is 4.00. The van der Waals surface area contributed by atoms with Gasteiger partial charge in [-0.3, -0.25) is 4.79 Å². The van der Waals surface area contributed by atoms with Crippen LogP contribution in [0.15, 0.2) is 50.6 Å². The molecule has 0 aliphatic heterocycles. The summed E-state index contributed by atoms with van der Waals surface area (Å²) in [5.74, 6) is 0. The first-order valence-electron chi connectivity index (χ1n) is 6.19. The molecule has 3 rings (SSSR count). The second-order valence-electron chi connectivity index (χ2n) is 3.77. The van der Waals surface area contributed by atoms with Crippen molar-refractivity contribution in [3.8, 4) is 11.1 Å². The fraction of sp³-hybridized carbons (Fsp3) is 0.143. The maximum atomic E-state index is 11.6. The van der Waals surface area contributed by atoms with Gasteiger partial charge in [0, 0.05) is 5.56 Å². The number of nitrogens with one attached hydrogen (secondary N) is 1. The van der Waals surface area contributed by atoms with Crippen molar-refractivity contribution in [1.82, 2.24) is 9.71 Å². The van der Waals surface area contributed by atoms with E-state index in [4.69, 9.17) is 4.42 Å². The van der Waals surface area contributed by atoms with E-state index < -0.39 is 11.2 Å². The van der Waals surface area contributed by atoms with E-state index >= 15 is 0 Å². The van der Waals surface area contributed by atoms with Crippen LogP contribution in [0, 0.1) is 0 Å². The van der Waals surface area contributed by atoms with E-state index in [0.29, 0.717) is 5.56 Å². The Morgan fingerprint density at radius 1 is 1.15 bits per heavy atom. The van der Waals surface area contributed by atoms with E-state index in [2.05, 4.69) is 4.98 Å². The molecule has 2 aromatic heterocycles. The molecule has 0 saturated carbocycles. The predicted octanol–water partition coefficient (Wildman–Crippen LogP) is 2.21. The molecule has 0 amide bonds. The Kier molecular flexibility index (Phi) is 3.74. The van der Waals surface area contributed by atoms with E-state index in [0.717, 1.165) is 5.56 Å². The quantitative estimate of drug-likeness (QED) is 0.666. The summed E-state index contributed by atoms with van der Waals surface area (Å²) in [7, 11) is 0. The monoisotopic (exact) mass is 274 g/mol. The zero-order chi connectivity index (χ0) is 14.7. The number of nitrogens with zero attached hydrogens (tertiary/aromatic N) is 1. The van der Waals surface area contributed by atoms with Gasteiger partial charge in [0.2, 0.25) is 5.58 Å². The van der Waals surface area contributed by atoms with Gasteiger partial charge in [-0.25, -0.2) is 4.79 Å². The highest BCUT2D eigenvalue weighted by atomic mass is 16.5. The number of hydrogen-bond donors (Lipinski definition) is 2. The van der Waals surface area contributed by atoms with Gasteiger partial charge in [-0.1, -0.05) is 48.9 Å². The number of H-pyrrole nitrogens is 1. The molecule has 0 aliphatic rings. The Bertz CT molecular complexity index is 828. The van der Waals surface area contributed by atoms with Gasteiger partial charge in [0.05, 0.1) is 0 Å². The summed E-state index contributed by atoms with van der Waals surface area (Å²) in [6, 6.07) is 9.18. The van der Waals surface area contributed by atoms with Crippen LogP contribution in [-0.2, 0) is 0 Å². The molecule has 6 nitrogen and oxygen atoms in total. The van der Waals surface area contributed by atoms with Gasteiger partial charge >= 0.3 is 11.2 Å². The van der Waals surface area contributed by atoms with Crippen LogP contribution >= 0.6 is 0 Å². The second-order valence-corrected chi connectivity index (χ2v) is 3.77. The van der Waals surface area contributed by atoms with Gasteiger partial charge in [0.1, 0.15) is 11.8 Å². The molecular formula is C14H14N2O4. The van der Waals surface area contributed by atoms with Gasteiger partial charge in [0.25, 0.3) is 0 Å². The molecule has 2 heterocycles. The smallest absolute Gasteiger partial charge is 0.362 e. The number of fused-ring (bicyclic) bond motifs is 1. The highest BCUT2D eigenvalue weighted by Crippen LogP contribution is 2.26. The van der Waals surface area contributed by atoms with Crippen molar-refractivity contribution in [1.29, 1.82) is 0 Å². The topological polar surface area (TPSA) is 88.2 Å². The average molecular weight is 274 g/mol. The van der Waals surface area contributed by atoms with Crippen molar-refractivity contribution in [3.63, 3.8) is 0 Å². The summed E-state index contributed by atoms with van der Waals surface area (Å²) >= 11 is 0. The first-order chi connectivity index (χ1) is 9.68. The summed E-state index contributed by atoms with van der Waals surface area (Å²) in [6.07, 6.45) is 1.37. The van der Waals surface area contributed by atoms with Crippen LogP contribution in [0.25, 0.3) is 22.2 Å². The Hall–Kier alpha value is -2.76. The molecule has 0 aliphatic carbocycles. The normalized spacial score (nSPS) is 10.1. The molecule has 2 N–H and O–H groups in total. The fourth-order valence-corrected chi connectivity index (χ4v) is 1.82. The van der Waals surface area contributed by atoms with E-state index in [-0.39, 0.29) is 15.8 Å². The molecule has 0 atom stereocenters. The highest BCUT2D eigenvalue weighted by molar-refractivity contribution is 5.89. The molecule has 0 fully saturated rings. The molecule has 0 spiro atoms. The number of rotatable bonds is 1. The minimum absolute atomic E-state index is 0.0133. The van der Waals surface area contributed by atoms with Crippen molar-refractivity contribution in [2.45, 2.75) is 13.8 Å². The number of benzene rings is 1. The van der Waals surface area contributed by atoms with Crippen molar-refractivity contribution < 1.29 is 9.62 Å². The lowest BCUT2D eigenvalue weighted by Gasteiger charge is -1.98. The number of furan rings is 1. The Labute approximate surface area is 113 Å². The van der Waals surface area contributed by atoms with Crippen LogP contribution in [0.4, 0.5) is 0 Å². The molecule has 3 aromatic rings. The van der Waals surface area contributed by atoms with Crippen LogP contribution in [0.3, 0.4) is 0 Å². The molecule has 104 valence electrons. The SMILES string of the molecule is CC.O=c1[nH]c2c(-c3ccccc3)coc2c(=O)n1O. The maximum Gasteiger partial charge on any atom is 0.362 e. The lowest BCUT2D eigenvalue weighted by molar-refractivity contribution is 0.161. The summed E-state index contributed by atoms with van der Waals surface area (Å²) in [5.41, 5.74) is -0.179. The van der Waals surface area contributed by atoms with Crippen LogP contribution in [-0.4, -0.2) is 14.9 Å². The Morgan fingerprint density at radius 3 is 2.45 bits per heavy atom.